The number of sulfonamides is 1. The fourth-order valence-electron chi connectivity index (χ4n) is 3.00. The molecular weight excluding hydrogens is 426 g/mol. The lowest BCUT2D eigenvalue weighted by Gasteiger charge is -2.21. The SMILES string of the molecule is C#Cc1cccc(N(CC(=O)NC)C(=O)/C=C/c2ccc(S(=O)(=O)N(CC)CC)cc2)c1. The highest BCUT2D eigenvalue weighted by molar-refractivity contribution is 7.89. The van der Waals surface area contributed by atoms with Crippen LogP contribution in [0.5, 0.6) is 0 Å². The van der Waals surface area contributed by atoms with Gasteiger partial charge < -0.3 is 5.32 Å². The van der Waals surface area contributed by atoms with Crippen LogP contribution in [-0.2, 0) is 19.6 Å². The lowest BCUT2D eigenvalue weighted by Crippen LogP contribution is -2.39. The number of likely N-dealkylation sites (N-methyl/N-ethyl adjacent to an activating group) is 1. The van der Waals surface area contributed by atoms with E-state index in [9.17, 15) is 18.0 Å². The minimum atomic E-state index is -3.55. The molecule has 2 rings (SSSR count). The minimum Gasteiger partial charge on any atom is -0.358 e. The van der Waals surface area contributed by atoms with Gasteiger partial charge in [-0.1, -0.05) is 38.0 Å². The van der Waals surface area contributed by atoms with E-state index >= 15 is 0 Å². The number of nitrogens with zero attached hydrogens (tertiary/aromatic N) is 2. The van der Waals surface area contributed by atoms with E-state index in [-0.39, 0.29) is 17.3 Å². The van der Waals surface area contributed by atoms with Crippen LogP contribution >= 0.6 is 0 Å². The van der Waals surface area contributed by atoms with Crippen LogP contribution in [0.25, 0.3) is 6.08 Å². The highest BCUT2D eigenvalue weighted by Crippen LogP contribution is 2.19. The van der Waals surface area contributed by atoms with Crippen molar-refractivity contribution in [3.8, 4) is 12.3 Å². The molecule has 0 radical (unpaired) electrons. The summed E-state index contributed by atoms with van der Waals surface area (Å²) in [7, 11) is -2.06. The zero-order valence-electron chi connectivity index (χ0n) is 18.4. The molecule has 0 unspecified atom stereocenters. The molecule has 0 aliphatic heterocycles. The summed E-state index contributed by atoms with van der Waals surface area (Å²) in [6.07, 6.45) is 8.34. The zero-order chi connectivity index (χ0) is 23.7. The lowest BCUT2D eigenvalue weighted by molar-refractivity contribution is -0.121. The van der Waals surface area contributed by atoms with Crippen molar-refractivity contribution in [3.05, 3.63) is 65.7 Å². The van der Waals surface area contributed by atoms with Gasteiger partial charge in [0.05, 0.1) is 4.90 Å². The summed E-state index contributed by atoms with van der Waals surface area (Å²) in [5, 5.41) is 2.50. The van der Waals surface area contributed by atoms with Crippen LogP contribution < -0.4 is 10.2 Å². The largest absolute Gasteiger partial charge is 0.358 e. The standard InChI is InChI=1S/C24H27N3O4S/c1-5-19-9-8-10-21(17-19)27(18-23(28)25-4)24(29)16-13-20-11-14-22(15-12-20)32(30,31)26(6-2)7-3/h1,8-17H,6-7,18H2,2-4H3,(H,25,28)/b16-13+. The maximum absolute atomic E-state index is 12.9. The summed E-state index contributed by atoms with van der Waals surface area (Å²) in [6, 6.07) is 13.1. The fourth-order valence-corrected chi connectivity index (χ4v) is 4.46. The molecule has 2 aromatic carbocycles. The van der Waals surface area contributed by atoms with Crippen molar-refractivity contribution in [2.75, 3.05) is 31.6 Å². The van der Waals surface area contributed by atoms with Gasteiger partial charge in [0, 0.05) is 37.5 Å². The first kappa shape index (κ1) is 24.9. The highest BCUT2D eigenvalue weighted by atomic mass is 32.2. The number of carbonyl (C=O) groups is 2. The Morgan fingerprint density at radius 3 is 2.31 bits per heavy atom. The Morgan fingerprint density at radius 2 is 1.75 bits per heavy atom. The van der Waals surface area contributed by atoms with Gasteiger partial charge >= 0.3 is 0 Å². The normalized spacial score (nSPS) is 11.3. The Balaban J connectivity index is 2.26. The third kappa shape index (κ3) is 6.06. The van der Waals surface area contributed by atoms with E-state index in [2.05, 4.69) is 11.2 Å². The van der Waals surface area contributed by atoms with Crippen LogP contribution in [0.4, 0.5) is 5.69 Å². The van der Waals surface area contributed by atoms with Crippen molar-refractivity contribution in [1.82, 2.24) is 9.62 Å². The summed E-state index contributed by atoms with van der Waals surface area (Å²) in [6.45, 7) is 4.17. The zero-order valence-corrected chi connectivity index (χ0v) is 19.2. The summed E-state index contributed by atoms with van der Waals surface area (Å²) in [5.74, 6) is 1.77. The Hall–Kier alpha value is -3.41. The third-order valence-electron chi connectivity index (χ3n) is 4.81. The lowest BCUT2D eigenvalue weighted by atomic mass is 10.1. The van der Waals surface area contributed by atoms with E-state index in [1.54, 1.807) is 56.3 Å². The van der Waals surface area contributed by atoms with E-state index in [1.165, 1.54) is 34.5 Å². The van der Waals surface area contributed by atoms with Crippen LogP contribution in [0.15, 0.2) is 59.5 Å². The third-order valence-corrected chi connectivity index (χ3v) is 6.88. The number of benzene rings is 2. The molecule has 7 nitrogen and oxygen atoms in total. The van der Waals surface area contributed by atoms with Crippen LogP contribution in [0.1, 0.15) is 25.0 Å². The molecule has 1 N–H and O–H groups in total. The Morgan fingerprint density at radius 1 is 1.09 bits per heavy atom. The molecule has 2 amide bonds. The fraction of sp³-hybridized carbons (Fsp3) is 0.250. The second-order valence-electron chi connectivity index (χ2n) is 6.78. The van der Waals surface area contributed by atoms with E-state index in [0.29, 0.717) is 29.9 Å². The number of amides is 2. The number of carbonyl (C=O) groups excluding carboxylic acids is 2. The van der Waals surface area contributed by atoms with E-state index in [1.807, 2.05) is 0 Å². The summed E-state index contributed by atoms with van der Waals surface area (Å²) in [5.41, 5.74) is 1.74. The van der Waals surface area contributed by atoms with Crippen molar-refractivity contribution in [2.45, 2.75) is 18.7 Å². The number of rotatable bonds is 9. The van der Waals surface area contributed by atoms with Crippen molar-refractivity contribution in [2.24, 2.45) is 0 Å². The number of hydrogen-bond donors (Lipinski definition) is 1. The van der Waals surface area contributed by atoms with Gasteiger partial charge in [0.25, 0.3) is 5.91 Å². The van der Waals surface area contributed by atoms with Gasteiger partial charge in [-0.2, -0.15) is 4.31 Å². The molecule has 0 aromatic heterocycles. The quantitative estimate of drug-likeness (QED) is 0.467. The maximum Gasteiger partial charge on any atom is 0.251 e. The molecule has 2 aromatic rings. The first-order valence-electron chi connectivity index (χ1n) is 10.1. The molecule has 0 atom stereocenters. The monoisotopic (exact) mass is 453 g/mol. The summed E-state index contributed by atoms with van der Waals surface area (Å²) < 4.78 is 26.6. The van der Waals surface area contributed by atoms with E-state index in [4.69, 9.17) is 6.42 Å². The topological polar surface area (TPSA) is 86.8 Å². The Labute approximate surface area is 189 Å². The average Bonchev–Trinajstić information content (AvgIpc) is 2.81. The number of nitrogens with one attached hydrogen (secondary N) is 1. The Bertz CT molecular complexity index is 1130. The second kappa shape index (κ2) is 11.3. The second-order valence-corrected chi connectivity index (χ2v) is 8.72. The molecule has 0 aliphatic carbocycles. The molecule has 0 saturated heterocycles. The molecule has 168 valence electrons. The van der Waals surface area contributed by atoms with Gasteiger partial charge in [-0.05, 0) is 42.0 Å². The molecule has 32 heavy (non-hydrogen) atoms. The van der Waals surface area contributed by atoms with Crippen LogP contribution in [0.2, 0.25) is 0 Å². The number of hydrogen-bond acceptors (Lipinski definition) is 4. The number of terminal acetylenes is 1. The van der Waals surface area contributed by atoms with Crippen molar-refractivity contribution < 1.29 is 18.0 Å². The van der Waals surface area contributed by atoms with Gasteiger partial charge in [0.1, 0.15) is 6.54 Å². The summed E-state index contributed by atoms with van der Waals surface area (Å²) in [4.78, 5) is 26.3. The van der Waals surface area contributed by atoms with Crippen LogP contribution in [-0.4, -0.2) is 51.2 Å². The van der Waals surface area contributed by atoms with Crippen molar-refractivity contribution in [1.29, 1.82) is 0 Å². The molecule has 0 saturated carbocycles. The van der Waals surface area contributed by atoms with Crippen molar-refractivity contribution in [3.63, 3.8) is 0 Å². The molecule has 0 heterocycles. The smallest absolute Gasteiger partial charge is 0.251 e. The molecule has 0 bridgehead atoms. The van der Waals surface area contributed by atoms with E-state index < -0.39 is 15.9 Å². The molecule has 0 aliphatic rings. The van der Waals surface area contributed by atoms with Gasteiger partial charge in [-0.15, -0.1) is 6.42 Å². The predicted octanol–water partition coefficient (Wildman–Crippen LogP) is 2.49. The van der Waals surface area contributed by atoms with Gasteiger partial charge in [-0.3, -0.25) is 14.5 Å². The number of anilines is 1. The molecule has 0 spiro atoms. The predicted molar refractivity (Wildman–Crippen MR) is 126 cm³/mol. The first-order chi connectivity index (χ1) is 15.3. The van der Waals surface area contributed by atoms with Crippen LogP contribution in [0.3, 0.4) is 0 Å². The average molecular weight is 454 g/mol. The van der Waals surface area contributed by atoms with Crippen LogP contribution in [0, 0.1) is 12.3 Å². The molecule has 8 heteroatoms. The van der Waals surface area contributed by atoms with Crippen molar-refractivity contribution >= 4 is 33.6 Å². The van der Waals surface area contributed by atoms with E-state index in [0.717, 1.165) is 0 Å². The molecule has 0 fully saturated rings. The first-order valence-corrected chi connectivity index (χ1v) is 11.6. The van der Waals surface area contributed by atoms with Gasteiger partial charge in [-0.25, -0.2) is 8.42 Å². The Kier molecular flexibility index (Phi) is 8.76. The maximum atomic E-state index is 12.9. The van der Waals surface area contributed by atoms with Gasteiger partial charge in [0.2, 0.25) is 15.9 Å². The van der Waals surface area contributed by atoms with Gasteiger partial charge in [0.15, 0.2) is 0 Å². The molecular formula is C24H27N3O4S. The summed E-state index contributed by atoms with van der Waals surface area (Å²) >= 11 is 0. The highest BCUT2D eigenvalue weighted by Gasteiger charge is 2.21. The minimum absolute atomic E-state index is 0.172.